The molecule has 0 saturated carbocycles. The minimum atomic E-state index is -0.175. The SMILES string of the molecule is C/C=C(/C(=O)c1cncc(N=C(c2ccccc2)c2ccccc2)c1)c1cncnc1NC1COC1. The predicted octanol–water partition coefficient (Wildman–Crippen LogP) is 5.14. The van der Waals surface area contributed by atoms with Crippen molar-refractivity contribution in [3.8, 4) is 0 Å². The van der Waals surface area contributed by atoms with E-state index in [0.717, 1.165) is 16.8 Å². The number of pyridine rings is 1. The molecule has 3 heterocycles. The van der Waals surface area contributed by atoms with Crippen molar-refractivity contribution in [1.82, 2.24) is 15.0 Å². The van der Waals surface area contributed by atoms with Crippen molar-refractivity contribution in [3.05, 3.63) is 120 Å². The first-order valence-corrected chi connectivity index (χ1v) is 11.7. The maximum atomic E-state index is 13.6. The molecule has 0 aliphatic carbocycles. The molecule has 0 radical (unpaired) electrons. The average Bonchev–Trinajstić information content (AvgIpc) is 2.91. The minimum absolute atomic E-state index is 0.167. The normalized spacial score (nSPS) is 13.5. The quantitative estimate of drug-likeness (QED) is 0.216. The van der Waals surface area contributed by atoms with Gasteiger partial charge in [-0.2, -0.15) is 0 Å². The van der Waals surface area contributed by atoms with Crippen molar-refractivity contribution in [2.24, 2.45) is 4.99 Å². The second-order valence-electron chi connectivity index (χ2n) is 8.32. The molecule has 5 rings (SSSR count). The maximum absolute atomic E-state index is 13.6. The fraction of sp³-hybridized carbons (Fsp3) is 0.138. The summed E-state index contributed by atoms with van der Waals surface area (Å²) in [4.78, 5) is 31.4. The van der Waals surface area contributed by atoms with Crippen LogP contribution < -0.4 is 5.32 Å². The number of carbonyl (C=O) groups excluding carboxylic acids is 1. The summed E-state index contributed by atoms with van der Waals surface area (Å²) in [5, 5.41) is 3.34. The molecule has 0 amide bonds. The molecule has 1 aliphatic heterocycles. The van der Waals surface area contributed by atoms with Gasteiger partial charge in [-0.25, -0.2) is 15.0 Å². The van der Waals surface area contributed by atoms with Crippen LogP contribution in [0, 0.1) is 0 Å². The highest BCUT2D eigenvalue weighted by molar-refractivity contribution is 6.29. The lowest BCUT2D eigenvalue weighted by Gasteiger charge is -2.28. The Bertz CT molecular complexity index is 1370. The fourth-order valence-electron chi connectivity index (χ4n) is 3.95. The van der Waals surface area contributed by atoms with Crippen LogP contribution in [0.1, 0.15) is 34.0 Å². The van der Waals surface area contributed by atoms with E-state index >= 15 is 0 Å². The molecule has 178 valence electrons. The van der Waals surface area contributed by atoms with Crippen molar-refractivity contribution < 1.29 is 9.53 Å². The molecule has 36 heavy (non-hydrogen) atoms. The Morgan fingerprint density at radius 1 is 0.944 bits per heavy atom. The highest BCUT2D eigenvalue weighted by atomic mass is 16.5. The molecule has 2 aromatic heterocycles. The number of ketones is 1. The Balaban J connectivity index is 1.49. The second-order valence-corrected chi connectivity index (χ2v) is 8.32. The Labute approximate surface area is 209 Å². The summed E-state index contributed by atoms with van der Waals surface area (Å²) in [6.07, 6.45) is 8.12. The summed E-state index contributed by atoms with van der Waals surface area (Å²) >= 11 is 0. The molecule has 1 aliphatic rings. The van der Waals surface area contributed by atoms with Crippen LogP contribution in [0.15, 0.2) is 103 Å². The van der Waals surface area contributed by atoms with Crippen LogP contribution in [-0.4, -0.2) is 45.7 Å². The number of carbonyl (C=O) groups is 1. The van der Waals surface area contributed by atoms with E-state index in [4.69, 9.17) is 9.73 Å². The molecular weight excluding hydrogens is 450 g/mol. The first-order valence-electron chi connectivity index (χ1n) is 11.7. The number of allylic oxidation sites excluding steroid dienone is 2. The van der Waals surface area contributed by atoms with Gasteiger partial charge < -0.3 is 10.1 Å². The fourth-order valence-corrected chi connectivity index (χ4v) is 3.95. The van der Waals surface area contributed by atoms with Crippen molar-refractivity contribution in [2.75, 3.05) is 18.5 Å². The molecule has 4 aromatic rings. The summed E-state index contributed by atoms with van der Waals surface area (Å²) in [5.41, 5.74) is 4.92. The number of benzene rings is 2. The summed E-state index contributed by atoms with van der Waals surface area (Å²) in [6.45, 7) is 3.05. The average molecular weight is 476 g/mol. The third-order valence-electron chi connectivity index (χ3n) is 5.84. The van der Waals surface area contributed by atoms with E-state index < -0.39 is 0 Å². The zero-order valence-electron chi connectivity index (χ0n) is 19.8. The molecule has 1 saturated heterocycles. The van der Waals surface area contributed by atoms with E-state index in [2.05, 4.69) is 20.3 Å². The van der Waals surface area contributed by atoms with E-state index in [9.17, 15) is 4.79 Å². The number of ether oxygens (including phenoxy) is 1. The number of Topliss-reactive ketones (excluding diaryl/α,β-unsaturated/α-hetero) is 1. The van der Waals surface area contributed by atoms with Gasteiger partial charge in [0, 0.05) is 40.2 Å². The van der Waals surface area contributed by atoms with Crippen molar-refractivity contribution >= 4 is 28.6 Å². The number of aromatic nitrogens is 3. The molecule has 7 heteroatoms. The predicted molar refractivity (Wildman–Crippen MR) is 141 cm³/mol. The minimum Gasteiger partial charge on any atom is -0.377 e. The van der Waals surface area contributed by atoms with Crippen LogP contribution in [0.2, 0.25) is 0 Å². The molecule has 2 aromatic carbocycles. The number of hydrogen-bond donors (Lipinski definition) is 1. The molecular formula is C29H25N5O2. The number of hydrogen-bond acceptors (Lipinski definition) is 7. The van der Waals surface area contributed by atoms with Crippen LogP contribution >= 0.6 is 0 Å². The van der Waals surface area contributed by atoms with Gasteiger partial charge in [0.15, 0.2) is 5.78 Å². The van der Waals surface area contributed by atoms with Gasteiger partial charge in [-0.15, -0.1) is 0 Å². The smallest absolute Gasteiger partial charge is 0.195 e. The van der Waals surface area contributed by atoms with E-state index in [1.807, 2.05) is 67.6 Å². The maximum Gasteiger partial charge on any atom is 0.195 e. The Hall–Kier alpha value is -4.49. The van der Waals surface area contributed by atoms with Crippen LogP contribution in [0.3, 0.4) is 0 Å². The van der Waals surface area contributed by atoms with Crippen LogP contribution in [0.5, 0.6) is 0 Å². The van der Waals surface area contributed by atoms with E-state index in [1.54, 1.807) is 30.7 Å². The monoisotopic (exact) mass is 475 g/mol. The number of rotatable bonds is 8. The number of nitrogens with zero attached hydrogens (tertiary/aromatic N) is 4. The van der Waals surface area contributed by atoms with Gasteiger partial charge in [0.2, 0.25) is 0 Å². The third kappa shape index (κ3) is 5.11. The first kappa shape index (κ1) is 23.3. The van der Waals surface area contributed by atoms with Crippen LogP contribution in [0.25, 0.3) is 5.57 Å². The van der Waals surface area contributed by atoms with Gasteiger partial charge in [0.25, 0.3) is 0 Å². The molecule has 1 N–H and O–H groups in total. The zero-order valence-corrected chi connectivity index (χ0v) is 19.8. The largest absolute Gasteiger partial charge is 0.377 e. The van der Waals surface area contributed by atoms with E-state index in [-0.39, 0.29) is 11.8 Å². The van der Waals surface area contributed by atoms with Crippen LogP contribution in [0.4, 0.5) is 11.5 Å². The molecule has 0 spiro atoms. The van der Waals surface area contributed by atoms with Crippen LogP contribution in [-0.2, 0) is 4.74 Å². The molecule has 1 fully saturated rings. The van der Waals surface area contributed by atoms with Crippen molar-refractivity contribution in [2.45, 2.75) is 13.0 Å². The lowest BCUT2D eigenvalue weighted by Crippen LogP contribution is -2.40. The Kier molecular flexibility index (Phi) is 7.00. The topological polar surface area (TPSA) is 89.4 Å². The molecule has 7 nitrogen and oxygen atoms in total. The summed E-state index contributed by atoms with van der Waals surface area (Å²) in [6, 6.07) is 21.9. The second kappa shape index (κ2) is 10.8. The molecule has 0 unspecified atom stereocenters. The number of nitrogens with one attached hydrogen (secondary N) is 1. The van der Waals surface area contributed by atoms with Gasteiger partial charge in [-0.05, 0) is 13.0 Å². The standard InChI is InChI=1S/C29H25N5O2/c1-2-25(26-16-31-19-32-29(26)34-24-17-36-18-24)28(35)22-13-23(15-30-14-22)33-27(20-9-5-3-6-10-20)21-11-7-4-8-12-21/h2-16,19,24H,17-18H2,1H3,(H,31,32,34)/b25-2+. The zero-order chi connectivity index (χ0) is 24.7. The van der Waals surface area contributed by atoms with Gasteiger partial charge in [0.1, 0.15) is 12.1 Å². The summed E-state index contributed by atoms with van der Waals surface area (Å²) in [5.74, 6) is 0.433. The molecule has 0 atom stereocenters. The third-order valence-corrected chi connectivity index (χ3v) is 5.84. The van der Waals surface area contributed by atoms with Crippen molar-refractivity contribution in [3.63, 3.8) is 0 Å². The number of aliphatic imine (C=N–C) groups is 1. The number of anilines is 1. The van der Waals surface area contributed by atoms with Crippen molar-refractivity contribution in [1.29, 1.82) is 0 Å². The van der Waals surface area contributed by atoms with Gasteiger partial charge in [0.05, 0.1) is 36.9 Å². The summed E-state index contributed by atoms with van der Waals surface area (Å²) in [7, 11) is 0. The first-order chi connectivity index (χ1) is 17.7. The summed E-state index contributed by atoms with van der Waals surface area (Å²) < 4.78 is 5.25. The lowest BCUT2D eigenvalue weighted by atomic mass is 9.98. The highest BCUT2D eigenvalue weighted by Crippen LogP contribution is 2.27. The van der Waals surface area contributed by atoms with Gasteiger partial charge >= 0.3 is 0 Å². The molecule has 0 bridgehead atoms. The van der Waals surface area contributed by atoms with Gasteiger partial charge in [-0.1, -0.05) is 66.7 Å². The lowest BCUT2D eigenvalue weighted by molar-refractivity contribution is 0.0209. The van der Waals surface area contributed by atoms with E-state index in [0.29, 0.717) is 41.4 Å². The Morgan fingerprint density at radius 2 is 1.64 bits per heavy atom. The van der Waals surface area contributed by atoms with E-state index in [1.165, 1.54) is 6.33 Å². The highest BCUT2D eigenvalue weighted by Gasteiger charge is 2.23. The Morgan fingerprint density at radius 3 is 2.25 bits per heavy atom. The van der Waals surface area contributed by atoms with Gasteiger partial charge in [-0.3, -0.25) is 9.78 Å².